The Morgan fingerprint density at radius 1 is 1.43 bits per heavy atom. The Kier molecular flexibility index (Phi) is 3.17. The fourth-order valence-electron chi connectivity index (χ4n) is 0.940. The van der Waals surface area contributed by atoms with E-state index in [1.54, 1.807) is 12.1 Å². The van der Waals surface area contributed by atoms with E-state index in [9.17, 15) is 4.79 Å². The summed E-state index contributed by atoms with van der Waals surface area (Å²) in [4.78, 5) is 10.2. The summed E-state index contributed by atoms with van der Waals surface area (Å²) in [5.41, 5.74) is 6.00. The number of hydrogen-bond acceptors (Lipinski definition) is 4. The first-order chi connectivity index (χ1) is 6.61. The number of ether oxygens (including phenoxy) is 2. The van der Waals surface area contributed by atoms with Gasteiger partial charge in [0.1, 0.15) is 11.5 Å². The van der Waals surface area contributed by atoms with Crippen molar-refractivity contribution in [2.45, 2.75) is 0 Å². The van der Waals surface area contributed by atoms with Gasteiger partial charge in [-0.25, -0.2) is 4.79 Å². The number of nitrogens with two attached hydrogens (primary N) is 1. The molecule has 3 N–H and O–H groups in total. The molecule has 0 atom stereocenters. The molecule has 0 saturated heterocycles. The number of rotatable bonds is 4. The van der Waals surface area contributed by atoms with Crippen LogP contribution in [0.5, 0.6) is 11.5 Å². The maximum absolute atomic E-state index is 10.2. The third-order valence-corrected chi connectivity index (χ3v) is 1.50. The molecule has 0 aliphatic carbocycles. The average Bonchev–Trinajstić information content (AvgIpc) is 2.14. The van der Waals surface area contributed by atoms with Gasteiger partial charge in [0.15, 0.2) is 6.61 Å². The lowest BCUT2D eigenvalue weighted by Crippen LogP contribution is -2.09. The van der Waals surface area contributed by atoms with E-state index in [2.05, 4.69) is 0 Å². The van der Waals surface area contributed by atoms with Gasteiger partial charge in [0.2, 0.25) is 0 Å². The highest BCUT2D eigenvalue weighted by Crippen LogP contribution is 2.23. The summed E-state index contributed by atoms with van der Waals surface area (Å²) in [5, 5.41) is 8.38. The van der Waals surface area contributed by atoms with Gasteiger partial charge in [0.05, 0.1) is 7.11 Å². The smallest absolute Gasteiger partial charge is 0.341 e. The van der Waals surface area contributed by atoms with Gasteiger partial charge in [0, 0.05) is 23.9 Å². The molecule has 5 heteroatoms. The van der Waals surface area contributed by atoms with Gasteiger partial charge in [-0.05, 0) is 0 Å². The Morgan fingerprint density at radius 3 is 2.64 bits per heavy atom. The maximum Gasteiger partial charge on any atom is 0.341 e. The Morgan fingerprint density at radius 2 is 2.07 bits per heavy atom. The standard InChI is InChI=1S/C9H11NO4/c1-13-7-2-6(10)3-8(4-7)14-5-9(11)12/h2-4H,5,10H2,1H3,(H,11,12). The van der Waals surface area contributed by atoms with Crippen LogP contribution in [0, 0.1) is 0 Å². The predicted octanol–water partition coefficient (Wildman–Crippen LogP) is 0.741. The number of carbonyl (C=O) groups is 1. The zero-order valence-electron chi connectivity index (χ0n) is 7.69. The minimum Gasteiger partial charge on any atom is -0.497 e. The zero-order chi connectivity index (χ0) is 10.6. The van der Waals surface area contributed by atoms with E-state index in [-0.39, 0.29) is 0 Å². The van der Waals surface area contributed by atoms with E-state index >= 15 is 0 Å². The molecule has 1 aromatic rings. The lowest BCUT2D eigenvalue weighted by atomic mass is 10.3. The molecule has 14 heavy (non-hydrogen) atoms. The van der Waals surface area contributed by atoms with E-state index in [4.69, 9.17) is 20.3 Å². The van der Waals surface area contributed by atoms with Gasteiger partial charge in [-0.15, -0.1) is 0 Å². The second kappa shape index (κ2) is 4.36. The molecule has 0 bridgehead atoms. The van der Waals surface area contributed by atoms with Crippen molar-refractivity contribution >= 4 is 11.7 Å². The minimum atomic E-state index is -1.04. The second-order valence-corrected chi connectivity index (χ2v) is 2.62. The predicted molar refractivity (Wildman–Crippen MR) is 50.5 cm³/mol. The van der Waals surface area contributed by atoms with Gasteiger partial charge in [-0.1, -0.05) is 0 Å². The SMILES string of the molecule is COc1cc(N)cc(OCC(=O)O)c1. The first-order valence-electron chi connectivity index (χ1n) is 3.91. The molecule has 0 unspecified atom stereocenters. The Bertz CT molecular complexity index is 338. The molecule has 1 aromatic carbocycles. The lowest BCUT2D eigenvalue weighted by molar-refractivity contribution is -0.139. The van der Waals surface area contributed by atoms with Gasteiger partial charge >= 0.3 is 5.97 Å². The number of anilines is 1. The van der Waals surface area contributed by atoms with Crippen molar-refractivity contribution < 1.29 is 19.4 Å². The van der Waals surface area contributed by atoms with Gasteiger partial charge in [-0.2, -0.15) is 0 Å². The van der Waals surface area contributed by atoms with Crippen molar-refractivity contribution in [1.82, 2.24) is 0 Å². The summed E-state index contributed by atoms with van der Waals surface area (Å²) in [7, 11) is 1.50. The highest BCUT2D eigenvalue weighted by molar-refractivity contribution is 5.68. The fourth-order valence-corrected chi connectivity index (χ4v) is 0.940. The molecule has 0 amide bonds. The van der Waals surface area contributed by atoms with E-state index in [1.165, 1.54) is 13.2 Å². The van der Waals surface area contributed by atoms with Crippen molar-refractivity contribution in [2.24, 2.45) is 0 Å². The highest BCUT2D eigenvalue weighted by atomic mass is 16.5. The third-order valence-electron chi connectivity index (χ3n) is 1.50. The van der Waals surface area contributed by atoms with Crippen LogP contribution in [0.2, 0.25) is 0 Å². The fraction of sp³-hybridized carbons (Fsp3) is 0.222. The quantitative estimate of drug-likeness (QED) is 0.696. The normalized spacial score (nSPS) is 9.50. The average molecular weight is 197 g/mol. The van der Waals surface area contributed by atoms with Crippen LogP contribution < -0.4 is 15.2 Å². The largest absolute Gasteiger partial charge is 0.497 e. The highest BCUT2D eigenvalue weighted by Gasteiger charge is 2.02. The number of methoxy groups -OCH3 is 1. The summed E-state index contributed by atoms with van der Waals surface area (Å²) >= 11 is 0. The van der Waals surface area contributed by atoms with Gasteiger partial charge in [-0.3, -0.25) is 0 Å². The molecular weight excluding hydrogens is 186 g/mol. The minimum absolute atomic E-state index is 0.379. The number of carboxylic acid groups (broad SMARTS) is 1. The van der Waals surface area contributed by atoms with E-state index < -0.39 is 12.6 Å². The summed E-state index contributed by atoms with van der Waals surface area (Å²) in [6.07, 6.45) is 0. The molecule has 1 rings (SSSR count). The Balaban J connectivity index is 2.76. The van der Waals surface area contributed by atoms with E-state index in [1.807, 2.05) is 0 Å². The first-order valence-corrected chi connectivity index (χ1v) is 3.91. The number of hydrogen-bond donors (Lipinski definition) is 2. The van der Waals surface area contributed by atoms with Crippen LogP contribution in [0.25, 0.3) is 0 Å². The molecule has 0 heterocycles. The lowest BCUT2D eigenvalue weighted by Gasteiger charge is -2.06. The molecule has 0 aliphatic rings. The molecule has 76 valence electrons. The van der Waals surface area contributed by atoms with Crippen LogP contribution in [-0.2, 0) is 4.79 Å². The molecular formula is C9H11NO4. The van der Waals surface area contributed by atoms with E-state index in [0.717, 1.165) is 0 Å². The Labute approximate surface area is 81.0 Å². The number of benzene rings is 1. The first kappa shape index (κ1) is 10.2. The summed E-state index contributed by atoms with van der Waals surface area (Å²) < 4.78 is 9.87. The van der Waals surface area contributed by atoms with Crippen LogP contribution in [0.4, 0.5) is 5.69 Å². The number of nitrogen functional groups attached to an aromatic ring is 1. The van der Waals surface area contributed by atoms with Crippen molar-refractivity contribution in [1.29, 1.82) is 0 Å². The summed E-state index contributed by atoms with van der Waals surface area (Å²) in [6.45, 7) is -0.396. The van der Waals surface area contributed by atoms with Crippen LogP contribution in [0.1, 0.15) is 0 Å². The third kappa shape index (κ3) is 2.85. The maximum atomic E-state index is 10.2. The van der Waals surface area contributed by atoms with Crippen molar-refractivity contribution in [3.8, 4) is 11.5 Å². The zero-order valence-corrected chi connectivity index (χ0v) is 7.69. The molecule has 0 saturated carbocycles. The van der Waals surface area contributed by atoms with Crippen LogP contribution in [0.3, 0.4) is 0 Å². The summed E-state index contributed by atoms with van der Waals surface area (Å²) in [5.74, 6) is -0.124. The number of carboxylic acids is 1. The molecule has 0 aliphatic heterocycles. The molecule has 0 aromatic heterocycles. The van der Waals surface area contributed by atoms with Crippen LogP contribution >= 0.6 is 0 Å². The molecule has 5 nitrogen and oxygen atoms in total. The molecule has 0 fully saturated rings. The number of aliphatic carboxylic acids is 1. The monoisotopic (exact) mass is 197 g/mol. The van der Waals surface area contributed by atoms with Crippen molar-refractivity contribution in [3.05, 3.63) is 18.2 Å². The molecule has 0 radical (unpaired) electrons. The Hall–Kier alpha value is -1.91. The van der Waals surface area contributed by atoms with E-state index in [0.29, 0.717) is 17.2 Å². The van der Waals surface area contributed by atoms with Crippen molar-refractivity contribution in [3.63, 3.8) is 0 Å². The summed E-state index contributed by atoms with van der Waals surface area (Å²) in [6, 6.07) is 4.72. The van der Waals surface area contributed by atoms with Crippen molar-refractivity contribution in [2.75, 3.05) is 19.5 Å². The topological polar surface area (TPSA) is 81.8 Å². The van der Waals surface area contributed by atoms with Gasteiger partial charge < -0.3 is 20.3 Å². The van der Waals surface area contributed by atoms with Crippen LogP contribution in [0.15, 0.2) is 18.2 Å². The van der Waals surface area contributed by atoms with Gasteiger partial charge in [0.25, 0.3) is 0 Å². The van der Waals surface area contributed by atoms with Crippen LogP contribution in [-0.4, -0.2) is 24.8 Å². The second-order valence-electron chi connectivity index (χ2n) is 2.62. The molecule has 0 spiro atoms.